The Morgan fingerprint density at radius 1 is 0.611 bits per heavy atom. The van der Waals surface area contributed by atoms with Gasteiger partial charge in [-0.25, -0.2) is 0 Å². The molecule has 92 valence electrons. The van der Waals surface area contributed by atoms with Crippen molar-refractivity contribution < 1.29 is 28.7 Å². The van der Waals surface area contributed by atoms with Crippen LogP contribution in [0.4, 0.5) is 0 Å². The van der Waals surface area contributed by atoms with Crippen LogP contribution in [0.25, 0.3) is 0 Å². The second kappa shape index (κ2) is 2.88. The van der Waals surface area contributed by atoms with E-state index < -0.39 is 59.4 Å². The Kier molecular flexibility index (Phi) is 1.60. The molecule has 2 saturated heterocycles. The second-order valence-electron chi connectivity index (χ2n) is 5.12. The Morgan fingerprint density at radius 3 is 1.17 bits per heavy atom. The van der Waals surface area contributed by atoms with Crippen molar-refractivity contribution in [3.05, 3.63) is 12.2 Å². The predicted octanol–water partition coefficient (Wildman–Crippen LogP) is -0.566. The minimum Gasteiger partial charge on any atom is -0.393 e. The lowest BCUT2D eigenvalue weighted by Gasteiger charge is -2.42. The lowest BCUT2D eigenvalue weighted by atomic mass is 9.54. The highest BCUT2D eigenvalue weighted by Crippen LogP contribution is 2.56. The molecule has 6 nitrogen and oxygen atoms in total. The van der Waals surface area contributed by atoms with E-state index in [1.165, 1.54) is 0 Å². The zero-order valence-electron chi connectivity index (χ0n) is 9.07. The molecule has 6 atom stereocenters. The standard InChI is InChI=1S/C12H8O6/c13-9-5-3-1-2-4(7(5)11(15)17-9)8-6(3)10(14)18-12(8)16/h1-8H/t3?,4?,5-,6+,7-,8+. The van der Waals surface area contributed by atoms with Crippen LogP contribution in [0.1, 0.15) is 0 Å². The number of allylic oxidation sites excluding steroid dienone is 2. The van der Waals surface area contributed by atoms with E-state index in [0.717, 1.165) is 0 Å². The SMILES string of the molecule is O=C1OC(=O)[C@@H]2C3C=CC([C@@H]12)[C@@H]1C(=O)OC(=O)[C@@H]31. The summed E-state index contributed by atoms with van der Waals surface area (Å²) < 4.78 is 9.29. The number of carbonyl (C=O) groups excluding carboxylic acids is 4. The third-order valence-electron chi connectivity index (χ3n) is 4.48. The van der Waals surface area contributed by atoms with Gasteiger partial charge in [-0.05, 0) is 0 Å². The van der Waals surface area contributed by atoms with Gasteiger partial charge in [0.15, 0.2) is 0 Å². The number of rotatable bonds is 0. The molecule has 2 heterocycles. The number of cyclic esters (lactones) is 4. The van der Waals surface area contributed by atoms with E-state index in [-0.39, 0.29) is 0 Å². The highest BCUT2D eigenvalue weighted by Gasteiger charge is 2.67. The van der Waals surface area contributed by atoms with Gasteiger partial charge in [0.25, 0.3) is 0 Å². The summed E-state index contributed by atoms with van der Waals surface area (Å²) >= 11 is 0. The quantitative estimate of drug-likeness (QED) is 0.324. The van der Waals surface area contributed by atoms with Gasteiger partial charge in [-0.15, -0.1) is 0 Å². The second-order valence-corrected chi connectivity index (χ2v) is 5.12. The van der Waals surface area contributed by atoms with Gasteiger partial charge in [-0.3, -0.25) is 19.2 Å². The van der Waals surface area contributed by atoms with Crippen molar-refractivity contribution in [1.29, 1.82) is 0 Å². The van der Waals surface area contributed by atoms with Crippen molar-refractivity contribution in [2.24, 2.45) is 35.5 Å². The Balaban J connectivity index is 1.88. The first-order chi connectivity index (χ1) is 8.59. The molecule has 1 saturated carbocycles. The molecule has 3 fully saturated rings. The van der Waals surface area contributed by atoms with Crippen LogP contribution in [-0.2, 0) is 28.7 Å². The van der Waals surface area contributed by atoms with Gasteiger partial charge in [-0.2, -0.15) is 0 Å². The Hall–Kier alpha value is -1.98. The van der Waals surface area contributed by atoms with Gasteiger partial charge in [0.05, 0.1) is 23.7 Å². The fourth-order valence-corrected chi connectivity index (χ4v) is 3.83. The maximum atomic E-state index is 11.7. The highest BCUT2D eigenvalue weighted by molar-refractivity contribution is 6.03. The van der Waals surface area contributed by atoms with E-state index in [1.54, 1.807) is 12.2 Å². The molecule has 0 N–H and O–H groups in total. The number of esters is 4. The van der Waals surface area contributed by atoms with Crippen LogP contribution in [0.2, 0.25) is 0 Å². The molecule has 0 aromatic rings. The van der Waals surface area contributed by atoms with Crippen LogP contribution in [0, 0.1) is 35.5 Å². The molecule has 0 amide bonds. The van der Waals surface area contributed by atoms with Crippen LogP contribution in [0.5, 0.6) is 0 Å². The van der Waals surface area contributed by atoms with Gasteiger partial charge in [0, 0.05) is 11.8 Å². The maximum Gasteiger partial charge on any atom is 0.318 e. The molecule has 3 aliphatic carbocycles. The molecule has 0 radical (unpaired) electrons. The highest BCUT2D eigenvalue weighted by atomic mass is 16.6. The smallest absolute Gasteiger partial charge is 0.318 e. The molecule has 0 spiro atoms. The third kappa shape index (κ3) is 0.913. The first kappa shape index (κ1) is 9.99. The summed E-state index contributed by atoms with van der Waals surface area (Å²) in [7, 11) is 0. The maximum absolute atomic E-state index is 11.7. The van der Waals surface area contributed by atoms with Crippen LogP contribution < -0.4 is 0 Å². The van der Waals surface area contributed by atoms with Crippen LogP contribution in [-0.4, -0.2) is 23.9 Å². The lowest BCUT2D eigenvalue weighted by molar-refractivity contribution is -0.154. The van der Waals surface area contributed by atoms with E-state index in [9.17, 15) is 19.2 Å². The van der Waals surface area contributed by atoms with Crippen LogP contribution >= 0.6 is 0 Å². The normalized spacial score (nSPS) is 48.0. The van der Waals surface area contributed by atoms with Crippen molar-refractivity contribution in [1.82, 2.24) is 0 Å². The molecular weight excluding hydrogens is 240 g/mol. The van der Waals surface area contributed by atoms with Crippen molar-refractivity contribution in [2.45, 2.75) is 0 Å². The number of ether oxygens (including phenoxy) is 2. The molecule has 0 aromatic carbocycles. The van der Waals surface area contributed by atoms with Gasteiger partial charge in [0.1, 0.15) is 0 Å². The minimum atomic E-state index is -0.632. The summed E-state index contributed by atoms with van der Waals surface area (Å²) in [4.78, 5) is 46.7. The lowest BCUT2D eigenvalue weighted by Crippen LogP contribution is -2.50. The van der Waals surface area contributed by atoms with E-state index in [4.69, 9.17) is 0 Å². The number of hydrogen-bond donors (Lipinski definition) is 0. The van der Waals surface area contributed by atoms with E-state index in [0.29, 0.717) is 0 Å². The minimum absolute atomic E-state index is 0.456. The van der Waals surface area contributed by atoms with Gasteiger partial charge < -0.3 is 9.47 Å². The molecule has 18 heavy (non-hydrogen) atoms. The van der Waals surface area contributed by atoms with Crippen molar-refractivity contribution in [3.8, 4) is 0 Å². The molecule has 2 unspecified atom stereocenters. The largest absolute Gasteiger partial charge is 0.393 e. The van der Waals surface area contributed by atoms with E-state index >= 15 is 0 Å². The van der Waals surface area contributed by atoms with Crippen LogP contribution in [0.3, 0.4) is 0 Å². The topological polar surface area (TPSA) is 86.7 Å². The van der Waals surface area contributed by atoms with Crippen molar-refractivity contribution in [3.63, 3.8) is 0 Å². The Labute approximate surface area is 101 Å². The average molecular weight is 248 g/mol. The summed E-state index contributed by atoms with van der Waals surface area (Å²) in [5.41, 5.74) is 0. The fraction of sp³-hybridized carbons (Fsp3) is 0.500. The molecule has 2 aliphatic heterocycles. The first-order valence-electron chi connectivity index (χ1n) is 5.79. The van der Waals surface area contributed by atoms with Crippen molar-refractivity contribution in [2.75, 3.05) is 0 Å². The monoisotopic (exact) mass is 248 g/mol. The molecule has 2 bridgehead atoms. The van der Waals surface area contributed by atoms with Gasteiger partial charge in [0.2, 0.25) is 0 Å². The van der Waals surface area contributed by atoms with E-state index in [2.05, 4.69) is 9.47 Å². The third-order valence-corrected chi connectivity index (χ3v) is 4.48. The van der Waals surface area contributed by atoms with Gasteiger partial charge in [-0.1, -0.05) is 12.2 Å². The average Bonchev–Trinajstić information content (AvgIpc) is 2.81. The summed E-state index contributed by atoms with van der Waals surface area (Å²) in [6.07, 6.45) is 3.49. The summed E-state index contributed by atoms with van der Waals surface area (Å²) in [6.45, 7) is 0. The van der Waals surface area contributed by atoms with Gasteiger partial charge >= 0.3 is 23.9 Å². The molecule has 0 aromatic heterocycles. The Bertz CT molecular complexity index is 459. The van der Waals surface area contributed by atoms with Crippen molar-refractivity contribution >= 4 is 23.9 Å². The van der Waals surface area contributed by atoms with Crippen LogP contribution in [0.15, 0.2) is 12.2 Å². The first-order valence-corrected chi connectivity index (χ1v) is 5.79. The molecule has 6 heteroatoms. The zero-order valence-corrected chi connectivity index (χ0v) is 9.07. The Morgan fingerprint density at radius 2 is 0.889 bits per heavy atom. The zero-order chi connectivity index (χ0) is 12.6. The summed E-state index contributed by atoms with van der Waals surface area (Å²) in [5.74, 6) is -5.79. The fourth-order valence-electron chi connectivity index (χ4n) is 3.83. The summed E-state index contributed by atoms with van der Waals surface area (Å²) in [5, 5.41) is 0. The summed E-state index contributed by atoms with van der Waals surface area (Å²) in [6, 6.07) is 0. The predicted molar refractivity (Wildman–Crippen MR) is 52.3 cm³/mol. The molecule has 5 rings (SSSR count). The molecule has 5 aliphatic rings. The number of hydrogen-bond acceptors (Lipinski definition) is 6. The molecular formula is C12H8O6. The van der Waals surface area contributed by atoms with E-state index in [1.807, 2.05) is 0 Å². The number of carbonyl (C=O) groups is 4.